The van der Waals surface area contributed by atoms with E-state index in [0.717, 1.165) is 11.2 Å². The highest BCUT2D eigenvalue weighted by Gasteiger charge is 2.27. The third kappa shape index (κ3) is 2.25. The number of carboxylic acids is 1. The third-order valence-electron chi connectivity index (χ3n) is 3.17. The van der Waals surface area contributed by atoms with Crippen molar-refractivity contribution in [1.29, 1.82) is 0 Å². The molecule has 102 valence electrons. The molecule has 6 nitrogen and oxygen atoms in total. The minimum atomic E-state index is -0.855. The molecule has 6 heteroatoms. The lowest BCUT2D eigenvalue weighted by atomic mass is 9.89. The summed E-state index contributed by atoms with van der Waals surface area (Å²) < 4.78 is 5.04. The number of carboxylic acid groups (broad SMARTS) is 1. The first kappa shape index (κ1) is 13.3. The number of ether oxygens (including phenoxy) is 1. The minimum Gasteiger partial charge on any atom is -0.481 e. The average molecular weight is 263 g/mol. The molecule has 19 heavy (non-hydrogen) atoms. The maximum Gasteiger partial charge on any atom is 0.317 e. The number of carbonyl (C=O) groups is 1. The third-order valence-corrected chi connectivity index (χ3v) is 3.17. The molecule has 0 aliphatic rings. The Morgan fingerprint density at radius 1 is 1.42 bits per heavy atom. The molecule has 0 aromatic carbocycles. The standard InChI is InChI=1S/C13H17N3O3/c1-6(2)9(12(17)18)8-5-14-10-7(3)15-13(19-4)16-11(8)10/h5-6,9,14H,1-4H3,(H,17,18). The zero-order valence-corrected chi connectivity index (χ0v) is 11.4. The van der Waals surface area contributed by atoms with Crippen LogP contribution in [0.4, 0.5) is 0 Å². The summed E-state index contributed by atoms with van der Waals surface area (Å²) in [5.41, 5.74) is 2.77. The van der Waals surface area contributed by atoms with E-state index in [4.69, 9.17) is 4.74 Å². The fourth-order valence-electron chi connectivity index (χ4n) is 2.25. The number of aliphatic carboxylic acids is 1. The topological polar surface area (TPSA) is 88.1 Å². The second-order valence-electron chi connectivity index (χ2n) is 4.82. The van der Waals surface area contributed by atoms with E-state index in [9.17, 15) is 9.90 Å². The SMILES string of the molecule is COc1nc(C)c2[nH]cc(C(C(=O)O)C(C)C)c2n1. The summed E-state index contributed by atoms with van der Waals surface area (Å²) in [6.07, 6.45) is 1.70. The van der Waals surface area contributed by atoms with Crippen LogP contribution in [0.1, 0.15) is 31.0 Å². The first-order chi connectivity index (χ1) is 8.95. The normalized spacial score (nSPS) is 12.9. The lowest BCUT2D eigenvalue weighted by Crippen LogP contribution is -2.17. The van der Waals surface area contributed by atoms with E-state index in [-0.39, 0.29) is 11.9 Å². The highest BCUT2D eigenvalue weighted by atomic mass is 16.5. The van der Waals surface area contributed by atoms with Gasteiger partial charge in [0.05, 0.1) is 29.8 Å². The quantitative estimate of drug-likeness (QED) is 0.881. The molecule has 2 aromatic rings. The summed E-state index contributed by atoms with van der Waals surface area (Å²) >= 11 is 0. The van der Waals surface area contributed by atoms with Gasteiger partial charge >= 0.3 is 12.0 Å². The number of hydrogen-bond acceptors (Lipinski definition) is 4. The van der Waals surface area contributed by atoms with E-state index in [1.807, 2.05) is 20.8 Å². The lowest BCUT2D eigenvalue weighted by Gasteiger charge is -2.15. The molecule has 2 aromatic heterocycles. The Morgan fingerprint density at radius 2 is 2.11 bits per heavy atom. The van der Waals surface area contributed by atoms with Gasteiger partial charge in [0.2, 0.25) is 0 Å². The summed E-state index contributed by atoms with van der Waals surface area (Å²) in [7, 11) is 1.49. The second-order valence-corrected chi connectivity index (χ2v) is 4.82. The Labute approximate surface area is 110 Å². The van der Waals surface area contributed by atoms with Gasteiger partial charge in [-0.15, -0.1) is 0 Å². The van der Waals surface area contributed by atoms with Crippen LogP contribution in [-0.4, -0.2) is 33.1 Å². The van der Waals surface area contributed by atoms with Gasteiger partial charge in [0.25, 0.3) is 0 Å². The van der Waals surface area contributed by atoms with Crippen LogP contribution in [0.3, 0.4) is 0 Å². The molecule has 0 radical (unpaired) electrons. The average Bonchev–Trinajstić information content (AvgIpc) is 2.72. The molecule has 2 N–H and O–H groups in total. The van der Waals surface area contributed by atoms with Gasteiger partial charge in [-0.05, 0) is 12.8 Å². The molecular formula is C13H17N3O3. The minimum absolute atomic E-state index is 0.0298. The fraction of sp³-hybridized carbons (Fsp3) is 0.462. The van der Waals surface area contributed by atoms with Crippen molar-refractivity contribution in [2.24, 2.45) is 5.92 Å². The van der Waals surface area contributed by atoms with Crippen LogP contribution in [0.25, 0.3) is 11.0 Å². The Bertz CT molecular complexity index is 619. The van der Waals surface area contributed by atoms with Crippen molar-refractivity contribution in [2.75, 3.05) is 7.11 Å². The van der Waals surface area contributed by atoms with Gasteiger partial charge in [0.1, 0.15) is 0 Å². The molecule has 0 fully saturated rings. The van der Waals surface area contributed by atoms with E-state index in [1.165, 1.54) is 7.11 Å². The van der Waals surface area contributed by atoms with Crippen LogP contribution in [0.2, 0.25) is 0 Å². The van der Waals surface area contributed by atoms with Crippen LogP contribution in [-0.2, 0) is 4.79 Å². The van der Waals surface area contributed by atoms with E-state index >= 15 is 0 Å². The van der Waals surface area contributed by atoms with Crippen molar-refractivity contribution in [3.8, 4) is 6.01 Å². The van der Waals surface area contributed by atoms with Gasteiger partial charge in [-0.3, -0.25) is 4.79 Å². The highest BCUT2D eigenvalue weighted by Crippen LogP contribution is 2.31. The number of aromatic amines is 1. The van der Waals surface area contributed by atoms with Gasteiger partial charge in [0, 0.05) is 11.8 Å². The van der Waals surface area contributed by atoms with E-state index in [1.54, 1.807) is 6.20 Å². The zero-order valence-electron chi connectivity index (χ0n) is 11.4. The van der Waals surface area contributed by atoms with Gasteiger partial charge in [0.15, 0.2) is 0 Å². The number of methoxy groups -OCH3 is 1. The van der Waals surface area contributed by atoms with E-state index < -0.39 is 11.9 Å². The molecule has 0 aliphatic carbocycles. The molecule has 0 amide bonds. The molecule has 1 atom stereocenters. The van der Waals surface area contributed by atoms with Crippen molar-refractivity contribution in [1.82, 2.24) is 15.0 Å². The number of rotatable bonds is 4. The summed E-state index contributed by atoms with van der Waals surface area (Å²) in [6.45, 7) is 5.59. The largest absolute Gasteiger partial charge is 0.481 e. The second kappa shape index (κ2) is 4.87. The van der Waals surface area contributed by atoms with Crippen LogP contribution < -0.4 is 4.74 Å². The smallest absolute Gasteiger partial charge is 0.317 e. The Hall–Kier alpha value is -2.11. The van der Waals surface area contributed by atoms with Crippen LogP contribution in [0.15, 0.2) is 6.20 Å². The molecule has 0 bridgehead atoms. The molecule has 0 spiro atoms. The number of fused-ring (bicyclic) bond motifs is 1. The van der Waals surface area contributed by atoms with Crippen molar-refractivity contribution in [2.45, 2.75) is 26.7 Å². The molecule has 2 rings (SSSR count). The molecule has 1 unspecified atom stereocenters. The maximum atomic E-state index is 11.4. The summed E-state index contributed by atoms with van der Waals surface area (Å²) in [5, 5.41) is 9.38. The van der Waals surface area contributed by atoms with Crippen molar-refractivity contribution in [3.05, 3.63) is 17.5 Å². The predicted molar refractivity (Wildman–Crippen MR) is 70.4 cm³/mol. The molecule has 2 heterocycles. The summed E-state index contributed by atoms with van der Waals surface area (Å²) in [4.78, 5) is 22.9. The van der Waals surface area contributed by atoms with Gasteiger partial charge < -0.3 is 14.8 Å². The fourth-order valence-corrected chi connectivity index (χ4v) is 2.25. The lowest BCUT2D eigenvalue weighted by molar-refractivity contribution is -0.139. The Kier molecular flexibility index (Phi) is 3.42. The number of aromatic nitrogens is 3. The highest BCUT2D eigenvalue weighted by molar-refractivity contribution is 5.88. The monoisotopic (exact) mass is 263 g/mol. The Balaban J connectivity index is 2.67. The number of hydrogen-bond donors (Lipinski definition) is 2. The van der Waals surface area contributed by atoms with Crippen LogP contribution >= 0.6 is 0 Å². The Morgan fingerprint density at radius 3 is 2.63 bits per heavy atom. The van der Waals surface area contributed by atoms with Gasteiger partial charge in [-0.2, -0.15) is 9.97 Å². The number of H-pyrrole nitrogens is 1. The molecule has 0 saturated heterocycles. The van der Waals surface area contributed by atoms with Gasteiger partial charge in [-0.25, -0.2) is 0 Å². The van der Waals surface area contributed by atoms with E-state index in [2.05, 4.69) is 15.0 Å². The number of nitrogens with zero attached hydrogens (tertiary/aromatic N) is 2. The van der Waals surface area contributed by atoms with Crippen molar-refractivity contribution >= 4 is 17.0 Å². The summed E-state index contributed by atoms with van der Waals surface area (Å²) in [5.74, 6) is -1.49. The number of nitrogens with one attached hydrogen (secondary N) is 1. The predicted octanol–water partition coefficient (Wildman–Crippen LogP) is 2.10. The first-order valence-corrected chi connectivity index (χ1v) is 6.08. The number of aryl methyl sites for hydroxylation is 1. The molecular weight excluding hydrogens is 246 g/mol. The van der Waals surface area contributed by atoms with E-state index in [0.29, 0.717) is 11.1 Å². The molecule has 0 saturated carbocycles. The van der Waals surface area contributed by atoms with Crippen molar-refractivity contribution < 1.29 is 14.6 Å². The first-order valence-electron chi connectivity index (χ1n) is 6.08. The van der Waals surface area contributed by atoms with Crippen molar-refractivity contribution in [3.63, 3.8) is 0 Å². The summed E-state index contributed by atoms with van der Waals surface area (Å²) in [6, 6.07) is 0.249. The molecule has 0 aliphatic heterocycles. The zero-order chi connectivity index (χ0) is 14.2. The van der Waals surface area contributed by atoms with Crippen LogP contribution in [0.5, 0.6) is 6.01 Å². The van der Waals surface area contributed by atoms with Gasteiger partial charge in [-0.1, -0.05) is 13.8 Å². The van der Waals surface area contributed by atoms with Crippen LogP contribution in [0, 0.1) is 12.8 Å². The maximum absolute atomic E-state index is 11.4.